The fourth-order valence-electron chi connectivity index (χ4n) is 1.34. The first-order chi connectivity index (χ1) is 6.22. The van der Waals surface area contributed by atoms with Gasteiger partial charge in [-0.2, -0.15) is 0 Å². The van der Waals surface area contributed by atoms with Crippen LogP contribution in [0.4, 0.5) is 4.39 Å². The van der Waals surface area contributed by atoms with Crippen LogP contribution in [0.5, 0.6) is 0 Å². The van der Waals surface area contributed by atoms with Crippen LogP contribution in [0.25, 0.3) is 10.1 Å². The Bertz CT molecular complexity index is 447. The molecule has 0 radical (unpaired) electrons. The standard InChI is InChI=1S/C10H8BrFS/c1-6-8-4-7(5-11)13-10(8)3-2-9(6)12/h2-4H,5H2,1H3. The van der Waals surface area contributed by atoms with Crippen molar-refractivity contribution in [2.75, 3.05) is 0 Å². The molecule has 0 saturated carbocycles. The molecule has 2 aromatic rings. The number of halogens is 2. The van der Waals surface area contributed by atoms with Crippen LogP contribution in [0.15, 0.2) is 18.2 Å². The molecule has 0 aliphatic heterocycles. The predicted molar refractivity (Wildman–Crippen MR) is 59.2 cm³/mol. The van der Waals surface area contributed by atoms with Crippen LogP contribution < -0.4 is 0 Å². The Morgan fingerprint density at radius 2 is 2.23 bits per heavy atom. The molecular formula is C10H8BrFS. The van der Waals surface area contributed by atoms with Gasteiger partial charge in [-0.05, 0) is 36.1 Å². The zero-order valence-corrected chi connectivity index (χ0v) is 9.51. The van der Waals surface area contributed by atoms with Gasteiger partial charge in [-0.3, -0.25) is 0 Å². The summed E-state index contributed by atoms with van der Waals surface area (Å²) in [6, 6.07) is 5.42. The molecule has 1 aromatic carbocycles. The van der Waals surface area contributed by atoms with E-state index in [4.69, 9.17) is 0 Å². The molecule has 68 valence electrons. The van der Waals surface area contributed by atoms with Crippen molar-refractivity contribution in [2.24, 2.45) is 0 Å². The lowest BCUT2D eigenvalue weighted by Crippen LogP contribution is -1.80. The lowest BCUT2D eigenvalue weighted by molar-refractivity contribution is 0.621. The maximum atomic E-state index is 13.2. The van der Waals surface area contributed by atoms with Crippen molar-refractivity contribution >= 4 is 37.4 Å². The van der Waals surface area contributed by atoms with E-state index < -0.39 is 0 Å². The summed E-state index contributed by atoms with van der Waals surface area (Å²) in [4.78, 5) is 1.24. The van der Waals surface area contributed by atoms with Gasteiger partial charge < -0.3 is 0 Å². The first-order valence-corrected chi connectivity index (χ1v) is 5.89. The number of aryl methyl sites for hydroxylation is 1. The Morgan fingerprint density at radius 1 is 1.46 bits per heavy atom. The molecule has 0 spiro atoms. The molecule has 0 saturated heterocycles. The molecule has 3 heteroatoms. The highest BCUT2D eigenvalue weighted by atomic mass is 79.9. The number of hydrogen-bond donors (Lipinski definition) is 0. The molecule has 1 aromatic heterocycles. The van der Waals surface area contributed by atoms with Crippen molar-refractivity contribution in [3.63, 3.8) is 0 Å². The third-order valence-electron chi connectivity index (χ3n) is 2.09. The van der Waals surface area contributed by atoms with Crippen LogP contribution in [0.3, 0.4) is 0 Å². The Kier molecular flexibility index (Phi) is 2.39. The quantitative estimate of drug-likeness (QED) is 0.672. The SMILES string of the molecule is Cc1c(F)ccc2sc(CBr)cc12. The van der Waals surface area contributed by atoms with E-state index in [0.29, 0.717) is 0 Å². The second-order valence-corrected chi connectivity index (χ2v) is 4.66. The molecule has 0 N–H and O–H groups in total. The predicted octanol–water partition coefficient (Wildman–Crippen LogP) is 4.24. The van der Waals surface area contributed by atoms with Gasteiger partial charge in [-0.25, -0.2) is 4.39 Å². The average Bonchev–Trinajstić information content (AvgIpc) is 2.55. The lowest BCUT2D eigenvalue weighted by atomic mass is 10.1. The molecule has 0 fully saturated rings. The van der Waals surface area contributed by atoms with Gasteiger partial charge in [0.1, 0.15) is 5.82 Å². The van der Waals surface area contributed by atoms with Gasteiger partial charge in [-0.15, -0.1) is 11.3 Å². The largest absolute Gasteiger partial charge is 0.207 e. The van der Waals surface area contributed by atoms with Crippen LogP contribution in [-0.4, -0.2) is 0 Å². The van der Waals surface area contributed by atoms with Gasteiger partial charge in [0.05, 0.1) is 0 Å². The van der Waals surface area contributed by atoms with E-state index in [1.54, 1.807) is 11.3 Å². The van der Waals surface area contributed by atoms with Crippen molar-refractivity contribution in [2.45, 2.75) is 12.3 Å². The number of thiophene rings is 1. The van der Waals surface area contributed by atoms with Crippen molar-refractivity contribution in [3.8, 4) is 0 Å². The number of rotatable bonds is 1. The summed E-state index contributed by atoms with van der Waals surface area (Å²) in [6.07, 6.45) is 0. The van der Waals surface area contributed by atoms with E-state index in [9.17, 15) is 4.39 Å². The second-order valence-electron chi connectivity index (χ2n) is 2.93. The van der Waals surface area contributed by atoms with Crippen LogP contribution >= 0.6 is 27.3 Å². The van der Waals surface area contributed by atoms with Crippen molar-refractivity contribution in [3.05, 3.63) is 34.5 Å². The molecule has 0 atom stereocenters. The average molecular weight is 259 g/mol. The van der Waals surface area contributed by atoms with Crippen LogP contribution in [0.1, 0.15) is 10.4 Å². The minimum atomic E-state index is -0.119. The summed E-state index contributed by atoms with van der Waals surface area (Å²) in [5.74, 6) is -0.119. The van der Waals surface area contributed by atoms with E-state index in [-0.39, 0.29) is 5.82 Å². The smallest absolute Gasteiger partial charge is 0.126 e. The lowest BCUT2D eigenvalue weighted by Gasteiger charge is -1.96. The maximum Gasteiger partial charge on any atom is 0.126 e. The van der Waals surface area contributed by atoms with E-state index in [1.165, 1.54) is 10.9 Å². The molecule has 1 heterocycles. The Labute approximate surface area is 88.5 Å². The van der Waals surface area contributed by atoms with Gasteiger partial charge in [0.15, 0.2) is 0 Å². The first kappa shape index (κ1) is 9.16. The van der Waals surface area contributed by atoms with Gasteiger partial charge in [0, 0.05) is 14.9 Å². The zero-order valence-electron chi connectivity index (χ0n) is 7.10. The number of alkyl halides is 1. The van der Waals surface area contributed by atoms with Crippen LogP contribution in [0, 0.1) is 12.7 Å². The van der Waals surface area contributed by atoms with Gasteiger partial charge in [0.2, 0.25) is 0 Å². The van der Waals surface area contributed by atoms with Crippen molar-refractivity contribution in [1.82, 2.24) is 0 Å². The van der Waals surface area contributed by atoms with Crippen LogP contribution in [0.2, 0.25) is 0 Å². The Hall–Kier alpha value is -0.410. The van der Waals surface area contributed by atoms with E-state index in [0.717, 1.165) is 21.0 Å². The summed E-state index contributed by atoms with van der Waals surface area (Å²) >= 11 is 5.10. The molecule has 0 amide bonds. The third-order valence-corrected chi connectivity index (χ3v) is 4.16. The molecule has 0 aliphatic rings. The fraction of sp³-hybridized carbons (Fsp3) is 0.200. The van der Waals surface area contributed by atoms with Gasteiger partial charge >= 0.3 is 0 Å². The summed E-state index contributed by atoms with van der Waals surface area (Å²) in [6.45, 7) is 1.82. The fourth-order valence-corrected chi connectivity index (χ4v) is 2.82. The molecular weight excluding hydrogens is 251 g/mol. The Morgan fingerprint density at radius 3 is 2.92 bits per heavy atom. The summed E-state index contributed by atoms with van der Waals surface area (Å²) in [5.41, 5.74) is 0.751. The van der Waals surface area contributed by atoms with E-state index in [2.05, 4.69) is 15.9 Å². The van der Waals surface area contributed by atoms with Crippen LogP contribution in [-0.2, 0) is 5.33 Å². The zero-order chi connectivity index (χ0) is 9.42. The molecule has 0 nitrogen and oxygen atoms in total. The highest BCUT2D eigenvalue weighted by molar-refractivity contribution is 9.08. The summed E-state index contributed by atoms with van der Waals surface area (Å²) < 4.78 is 14.3. The number of fused-ring (bicyclic) bond motifs is 1. The minimum absolute atomic E-state index is 0.119. The van der Waals surface area contributed by atoms with E-state index in [1.807, 2.05) is 19.1 Å². The third kappa shape index (κ3) is 1.51. The van der Waals surface area contributed by atoms with E-state index >= 15 is 0 Å². The normalized spacial score (nSPS) is 11.0. The molecule has 2 rings (SSSR count). The topological polar surface area (TPSA) is 0 Å². The summed E-state index contributed by atoms with van der Waals surface area (Å²) in [5, 5.41) is 1.88. The second kappa shape index (κ2) is 3.39. The highest BCUT2D eigenvalue weighted by Crippen LogP contribution is 2.30. The first-order valence-electron chi connectivity index (χ1n) is 3.96. The number of benzene rings is 1. The highest BCUT2D eigenvalue weighted by Gasteiger charge is 2.06. The Balaban J connectivity index is 2.76. The van der Waals surface area contributed by atoms with Gasteiger partial charge in [0.25, 0.3) is 0 Å². The minimum Gasteiger partial charge on any atom is -0.207 e. The molecule has 0 aliphatic carbocycles. The van der Waals surface area contributed by atoms with Crippen molar-refractivity contribution in [1.29, 1.82) is 0 Å². The molecule has 0 unspecified atom stereocenters. The van der Waals surface area contributed by atoms with Crippen molar-refractivity contribution < 1.29 is 4.39 Å². The van der Waals surface area contributed by atoms with Gasteiger partial charge in [-0.1, -0.05) is 15.9 Å². The monoisotopic (exact) mass is 258 g/mol. The molecule has 13 heavy (non-hydrogen) atoms. The molecule has 0 bridgehead atoms. The summed E-state index contributed by atoms with van der Waals surface area (Å²) in [7, 11) is 0. The maximum absolute atomic E-state index is 13.2. The number of hydrogen-bond acceptors (Lipinski definition) is 1.